The van der Waals surface area contributed by atoms with E-state index in [9.17, 15) is 0 Å². The van der Waals surface area contributed by atoms with Crippen LogP contribution in [0.2, 0.25) is 0 Å². The molecule has 64 valence electrons. The second-order valence-corrected chi connectivity index (χ2v) is 3.93. The minimum atomic E-state index is 0. The molecule has 0 bridgehead atoms. The first kappa shape index (κ1) is 21.7. The molecule has 2 N–H and O–H groups in total. The molecule has 0 aromatic carbocycles. The zero-order chi connectivity index (χ0) is 8.69. The maximum atomic E-state index is 4.63. The van der Waals surface area contributed by atoms with Crippen LogP contribution in [-0.4, -0.2) is 21.7 Å². The molecule has 0 aromatic heterocycles. The van der Waals surface area contributed by atoms with Crippen LogP contribution in [0.1, 0.15) is 6.42 Å². The van der Waals surface area contributed by atoms with E-state index in [1.165, 1.54) is 0 Å². The molecular weight excluding hydrogens is 295 g/mol. The van der Waals surface area contributed by atoms with Gasteiger partial charge in [0.05, 0.1) is 0 Å². The Balaban J connectivity index is -0.000000500. The molecule has 0 fully saturated rings. The van der Waals surface area contributed by atoms with Gasteiger partial charge in [-0.25, -0.2) is 0 Å². The Hall–Kier alpha value is 3.49. The third-order valence-corrected chi connectivity index (χ3v) is 1.47. The second kappa shape index (κ2) is 15.5. The van der Waals surface area contributed by atoms with Gasteiger partial charge in [-0.3, -0.25) is 0 Å². The smallest absolute Gasteiger partial charge is 0.412 e. The van der Waals surface area contributed by atoms with Crippen LogP contribution < -0.4 is 113 Å². The molecule has 13 heavy (non-hydrogen) atoms. The topological polar surface area (TPSA) is 24.1 Å². The monoisotopic (exact) mass is 302 g/mol. The van der Waals surface area contributed by atoms with Crippen molar-refractivity contribution in [2.75, 3.05) is 13.1 Å². The Morgan fingerprint density at radius 2 is 1.23 bits per heavy atom. The van der Waals surface area contributed by atoms with Gasteiger partial charge in [0, 0.05) is 13.1 Å². The molecule has 0 saturated heterocycles. The van der Waals surface area contributed by atoms with Crippen LogP contribution in [0.25, 0.3) is 0 Å². The number of hydrogen-bond donors (Lipinski definition) is 2. The summed E-state index contributed by atoms with van der Waals surface area (Å²) in [5.41, 5.74) is 0. The zero-order valence-electron chi connectivity index (χ0n) is 7.75. The van der Waals surface area contributed by atoms with Crippen LogP contribution in [0.15, 0.2) is 0 Å². The van der Waals surface area contributed by atoms with E-state index >= 15 is 0 Å². The van der Waals surface area contributed by atoms with Crippen LogP contribution in [0.5, 0.6) is 0 Å². The molecule has 0 unspecified atom stereocenters. The first-order valence-corrected chi connectivity index (χ1v) is 4.66. The first-order valence-electron chi connectivity index (χ1n) is 3.02. The largest absolute Gasteiger partial charge is 1.00 e. The number of nitrogens with one attached hydrogen (secondary N) is 2. The Kier molecular flexibility index (Phi) is 25.9. The third kappa shape index (κ3) is 21.4. The average Bonchev–Trinajstić information content (AvgIpc) is 1.85. The van der Waals surface area contributed by atoms with Gasteiger partial charge in [-0.2, -0.15) is 0 Å². The molecule has 2 nitrogen and oxygen atoms in total. The van der Waals surface area contributed by atoms with E-state index in [1.807, 2.05) is 0 Å². The van der Waals surface area contributed by atoms with Crippen LogP contribution in [0, 0.1) is 0 Å². The van der Waals surface area contributed by atoms with Crippen LogP contribution in [0.4, 0.5) is 0 Å². The second-order valence-electron chi connectivity index (χ2n) is 1.78. The quantitative estimate of drug-likeness (QED) is 0.232. The van der Waals surface area contributed by atoms with E-state index in [1.54, 1.807) is 0 Å². The SMILES string of the molecule is S=C([S-])NCCCNC(=S)[S-].[K+].[K+]. The van der Waals surface area contributed by atoms with Gasteiger partial charge in [-0.1, -0.05) is 8.64 Å². The van der Waals surface area contributed by atoms with E-state index in [0.717, 1.165) is 19.5 Å². The van der Waals surface area contributed by atoms with Crippen molar-refractivity contribution in [1.82, 2.24) is 10.6 Å². The Labute approximate surface area is 186 Å². The minimum Gasteiger partial charge on any atom is -0.412 e. The molecule has 0 saturated carbocycles. The van der Waals surface area contributed by atoms with Gasteiger partial charge in [-0.15, -0.1) is 0 Å². The van der Waals surface area contributed by atoms with Crippen molar-refractivity contribution in [2.24, 2.45) is 0 Å². The average molecular weight is 303 g/mol. The fourth-order valence-electron chi connectivity index (χ4n) is 0.469. The number of hydrogen-bond acceptors (Lipinski definition) is 4. The van der Waals surface area contributed by atoms with Crippen molar-refractivity contribution >= 4 is 58.3 Å². The maximum absolute atomic E-state index is 4.63. The molecular formula is C5H8K2N2S4. The van der Waals surface area contributed by atoms with Gasteiger partial charge in [0.25, 0.3) is 0 Å². The Morgan fingerprint density at radius 1 is 0.923 bits per heavy atom. The summed E-state index contributed by atoms with van der Waals surface area (Å²) in [4.78, 5) is 0. The maximum Gasteiger partial charge on any atom is 1.00 e. The number of thiocarbonyl (C=S) groups is 2. The fourth-order valence-corrected chi connectivity index (χ4v) is 0.878. The van der Waals surface area contributed by atoms with E-state index in [0.29, 0.717) is 8.64 Å². The third-order valence-electron chi connectivity index (χ3n) is 0.892. The molecule has 0 atom stereocenters. The van der Waals surface area contributed by atoms with Crippen LogP contribution in [0.3, 0.4) is 0 Å². The molecule has 0 rings (SSSR count). The summed E-state index contributed by atoms with van der Waals surface area (Å²) in [6, 6.07) is 0. The summed E-state index contributed by atoms with van der Waals surface area (Å²) in [6.07, 6.45) is 0.910. The molecule has 8 heteroatoms. The summed E-state index contributed by atoms with van der Waals surface area (Å²) >= 11 is 18.5. The predicted octanol–water partition coefficient (Wildman–Crippen LogP) is -5.77. The van der Waals surface area contributed by atoms with E-state index in [-0.39, 0.29) is 103 Å². The van der Waals surface area contributed by atoms with Crippen LogP contribution in [-0.2, 0) is 25.3 Å². The molecule has 0 amide bonds. The first-order chi connectivity index (χ1) is 5.13. The van der Waals surface area contributed by atoms with Gasteiger partial charge in [0.1, 0.15) is 0 Å². The van der Waals surface area contributed by atoms with Crippen molar-refractivity contribution in [2.45, 2.75) is 6.42 Å². The molecule has 0 aliphatic carbocycles. The van der Waals surface area contributed by atoms with Crippen molar-refractivity contribution in [3.05, 3.63) is 0 Å². The molecule has 0 spiro atoms. The van der Waals surface area contributed by atoms with Crippen LogP contribution >= 0.6 is 24.4 Å². The van der Waals surface area contributed by atoms with Crippen molar-refractivity contribution in [1.29, 1.82) is 0 Å². The molecule has 0 radical (unpaired) electrons. The summed E-state index contributed by atoms with van der Waals surface area (Å²) in [5, 5.41) is 5.70. The molecule has 0 heterocycles. The standard InChI is InChI=1S/C5H10N2S4.2K/c8-4(9)6-2-1-3-7-5(10)11;;/h1-3H2,(H2,6,8,9)(H2,7,10,11);;/q;2*+1/p-2. The van der Waals surface area contributed by atoms with E-state index in [4.69, 9.17) is 0 Å². The van der Waals surface area contributed by atoms with Gasteiger partial charge in [0.15, 0.2) is 0 Å². The van der Waals surface area contributed by atoms with Crippen molar-refractivity contribution < 1.29 is 103 Å². The normalized spacial score (nSPS) is 7.38. The van der Waals surface area contributed by atoms with E-state index < -0.39 is 0 Å². The summed E-state index contributed by atoms with van der Waals surface area (Å²) in [5.74, 6) is 0. The van der Waals surface area contributed by atoms with E-state index in [2.05, 4.69) is 60.3 Å². The Bertz CT molecular complexity index is 139. The molecule has 0 aromatic rings. The number of rotatable bonds is 4. The Morgan fingerprint density at radius 3 is 1.46 bits per heavy atom. The minimum absolute atomic E-state index is 0. The summed E-state index contributed by atoms with van der Waals surface area (Å²) in [7, 11) is 0. The summed E-state index contributed by atoms with van der Waals surface area (Å²) in [6.45, 7) is 1.54. The molecule has 0 aliphatic heterocycles. The van der Waals surface area contributed by atoms with Gasteiger partial charge >= 0.3 is 103 Å². The van der Waals surface area contributed by atoms with Crippen molar-refractivity contribution in [3.63, 3.8) is 0 Å². The predicted molar refractivity (Wildman–Crippen MR) is 60.5 cm³/mol. The van der Waals surface area contributed by atoms with Crippen molar-refractivity contribution in [3.8, 4) is 0 Å². The van der Waals surface area contributed by atoms with Gasteiger partial charge in [-0.05, 0) is 6.42 Å². The fraction of sp³-hybridized carbons (Fsp3) is 0.600. The van der Waals surface area contributed by atoms with Gasteiger partial charge < -0.3 is 60.3 Å². The van der Waals surface area contributed by atoms with Gasteiger partial charge in [0.2, 0.25) is 0 Å². The zero-order valence-corrected chi connectivity index (χ0v) is 17.3. The molecule has 0 aliphatic rings. The summed E-state index contributed by atoms with van der Waals surface area (Å²) < 4.78 is 0.817.